The number of ether oxygens (including phenoxy) is 1. The standard InChI is InChI=1S/C20H19N3O2/c21-12-14-4-3-5-15(10-14)20(7-9-25-20)13-23-19(24)17-11-16(17)18-6-1-2-8-22-18/h1-6,8,10,16-17H,7,9,11,13H2,(H,23,24)/t16-,17-,20+/m0/s1. The maximum absolute atomic E-state index is 12.5. The van der Waals surface area contributed by atoms with Crippen LogP contribution < -0.4 is 5.32 Å². The number of aromatic nitrogens is 1. The lowest BCUT2D eigenvalue weighted by molar-refractivity contribution is -0.155. The zero-order valence-electron chi connectivity index (χ0n) is 13.8. The van der Waals surface area contributed by atoms with E-state index < -0.39 is 5.60 Å². The lowest BCUT2D eigenvalue weighted by Crippen LogP contribution is -2.50. The molecule has 0 radical (unpaired) electrons. The van der Waals surface area contributed by atoms with Crippen molar-refractivity contribution in [3.63, 3.8) is 0 Å². The molecule has 126 valence electrons. The van der Waals surface area contributed by atoms with Gasteiger partial charge in [-0.3, -0.25) is 9.78 Å². The van der Waals surface area contributed by atoms with E-state index in [0.717, 1.165) is 24.1 Å². The Balaban J connectivity index is 1.40. The first-order chi connectivity index (χ1) is 12.2. The Labute approximate surface area is 146 Å². The molecule has 5 nitrogen and oxygen atoms in total. The van der Waals surface area contributed by atoms with Gasteiger partial charge in [-0.2, -0.15) is 5.26 Å². The zero-order valence-corrected chi connectivity index (χ0v) is 13.8. The maximum atomic E-state index is 12.5. The quantitative estimate of drug-likeness (QED) is 0.912. The molecule has 25 heavy (non-hydrogen) atoms. The number of nitrogens with one attached hydrogen (secondary N) is 1. The topological polar surface area (TPSA) is 75.0 Å². The lowest BCUT2D eigenvalue weighted by Gasteiger charge is -2.42. The Hall–Kier alpha value is -2.71. The van der Waals surface area contributed by atoms with Crippen molar-refractivity contribution in [1.29, 1.82) is 5.26 Å². The Kier molecular flexibility index (Phi) is 3.98. The summed E-state index contributed by atoms with van der Waals surface area (Å²) in [5, 5.41) is 12.1. The fraction of sp³-hybridized carbons (Fsp3) is 0.350. The van der Waals surface area contributed by atoms with Crippen molar-refractivity contribution in [2.45, 2.75) is 24.4 Å². The minimum absolute atomic E-state index is 0.00234. The van der Waals surface area contributed by atoms with E-state index >= 15 is 0 Å². The summed E-state index contributed by atoms with van der Waals surface area (Å²) in [6.45, 7) is 1.11. The van der Waals surface area contributed by atoms with Gasteiger partial charge in [0.15, 0.2) is 0 Å². The van der Waals surface area contributed by atoms with E-state index in [-0.39, 0.29) is 17.7 Å². The number of benzene rings is 1. The van der Waals surface area contributed by atoms with Crippen molar-refractivity contribution in [1.82, 2.24) is 10.3 Å². The Morgan fingerprint density at radius 2 is 2.24 bits per heavy atom. The predicted octanol–water partition coefficient (Wildman–Crippen LogP) is 2.49. The second-order valence-electron chi connectivity index (χ2n) is 6.71. The molecule has 1 aromatic heterocycles. The van der Waals surface area contributed by atoms with Gasteiger partial charge in [0.2, 0.25) is 5.91 Å². The molecule has 1 saturated heterocycles. The number of rotatable bonds is 5. The average molecular weight is 333 g/mol. The van der Waals surface area contributed by atoms with Gasteiger partial charge < -0.3 is 10.1 Å². The number of carbonyl (C=O) groups is 1. The largest absolute Gasteiger partial charge is 0.368 e. The summed E-state index contributed by atoms with van der Waals surface area (Å²) in [6.07, 6.45) is 3.46. The summed E-state index contributed by atoms with van der Waals surface area (Å²) in [6, 6.07) is 15.4. The second kappa shape index (κ2) is 6.30. The van der Waals surface area contributed by atoms with Crippen LogP contribution in [0.5, 0.6) is 0 Å². The van der Waals surface area contributed by atoms with Crippen molar-refractivity contribution in [3.05, 3.63) is 65.5 Å². The Morgan fingerprint density at radius 3 is 2.92 bits per heavy atom. The summed E-state index contributed by atoms with van der Waals surface area (Å²) in [5.41, 5.74) is 2.04. The van der Waals surface area contributed by atoms with Crippen molar-refractivity contribution >= 4 is 5.91 Å². The molecule has 2 aliphatic rings. The van der Waals surface area contributed by atoms with Crippen LogP contribution in [0, 0.1) is 17.2 Å². The molecule has 0 bridgehead atoms. The minimum atomic E-state index is -0.502. The second-order valence-corrected chi connectivity index (χ2v) is 6.71. The number of nitriles is 1. The van der Waals surface area contributed by atoms with Crippen LogP contribution in [0.3, 0.4) is 0 Å². The van der Waals surface area contributed by atoms with Crippen LogP contribution in [-0.4, -0.2) is 24.0 Å². The molecule has 1 aromatic carbocycles. The monoisotopic (exact) mass is 333 g/mol. The van der Waals surface area contributed by atoms with Gasteiger partial charge in [-0.15, -0.1) is 0 Å². The molecule has 2 heterocycles. The van der Waals surface area contributed by atoms with E-state index in [4.69, 9.17) is 10.00 Å². The summed E-state index contributed by atoms with van der Waals surface area (Å²) in [4.78, 5) is 16.8. The molecule has 3 atom stereocenters. The number of amides is 1. The van der Waals surface area contributed by atoms with Gasteiger partial charge in [-0.25, -0.2) is 0 Å². The number of carbonyl (C=O) groups excluding carboxylic acids is 1. The van der Waals surface area contributed by atoms with Crippen molar-refractivity contribution in [3.8, 4) is 6.07 Å². The highest BCUT2D eigenvalue weighted by atomic mass is 16.5. The number of hydrogen-bond acceptors (Lipinski definition) is 4. The Bertz CT molecular complexity index is 824. The van der Waals surface area contributed by atoms with Crippen molar-refractivity contribution in [2.75, 3.05) is 13.2 Å². The lowest BCUT2D eigenvalue weighted by atomic mass is 9.85. The van der Waals surface area contributed by atoms with Crippen LogP contribution in [0.25, 0.3) is 0 Å². The summed E-state index contributed by atoms with van der Waals surface area (Å²) in [7, 11) is 0. The van der Waals surface area contributed by atoms with E-state index in [9.17, 15) is 4.79 Å². The van der Waals surface area contributed by atoms with E-state index in [1.165, 1.54) is 0 Å². The highest BCUT2D eigenvalue weighted by Gasteiger charge is 2.46. The van der Waals surface area contributed by atoms with E-state index in [1.807, 2.05) is 36.4 Å². The molecular weight excluding hydrogens is 314 g/mol. The SMILES string of the molecule is N#Cc1cccc([C@]2(CNC(=O)[C@H]3C[C@@H]3c3ccccn3)CCO2)c1. The molecule has 2 fully saturated rings. The summed E-state index contributed by atoms with van der Waals surface area (Å²) >= 11 is 0. The normalized spacial score (nSPS) is 27.0. The maximum Gasteiger partial charge on any atom is 0.223 e. The van der Waals surface area contributed by atoms with Crippen LogP contribution >= 0.6 is 0 Å². The highest BCUT2D eigenvalue weighted by Crippen LogP contribution is 2.47. The molecule has 1 aliphatic heterocycles. The van der Waals surface area contributed by atoms with Gasteiger partial charge in [0.05, 0.1) is 24.8 Å². The third-order valence-electron chi connectivity index (χ3n) is 5.15. The molecule has 1 aliphatic carbocycles. The first-order valence-corrected chi connectivity index (χ1v) is 8.55. The van der Waals surface area contributed by atoms with Gasteiger partial charge in [0.1, 0.15) is 5.60 Å². The summed E-state index contributed by atoms with van der Waals surface area (Å²) in [5.74, 6) is 0.279. The van der Waals surface area contributed by atoms with Gasteiger partial charge in [0.25, 0.3) is 0 Å². The number of pyridine rings is 1. The molecule has 2 aromatic rings. The van der Waals surface area contributed by atoms with Crippen molar-refractivity contribution < 1.29 is 9.53 Å². The van der Waals surface area contributed by atoms with Crippen LogP contribution in [0.4, 0.5) is 0 Å². The fourth-order valence-electron chi connectivity index (χ4n) is 3.46. The van der Waals surface area contributed by atoms with E-state index in [2.05, 4.69) is 16.4 Å². The predicted molar refractivity (Wildman–Crippen MR) is 91.5 cm³/mol. The first-order valence-electron chi connectivity index (χ1n) is 8.55. The number of hydrogen-bond donors (Lipinski definition) is 1. The van der Waals surface area contributed by atoms with E-state index in [0.29, 0.717) is 18.7 Å². The molecule has 0 unspecified atom stereocenters. The highest BCUT2D eigenvalue weighted by molar-refractivity contribution is 5.82. The molecule has 5 heteroatoms. The van der Waals surface area contributed by atoms with Crippen molar-refractivity contribution in [2.24, 2.45) is 5.92 Å². The van der Waals surface area contributed by atoms with Crippen LogP contribution in [0.2, 0.25) is 0 Å². The van der Waals surface area contributed by atoms with Gasteiger partial charge in [0, 0.05) is 30.1 Å². The molecule has 1 saturated carbocycles. The molecular formula is C20H19N3O2. The first kappa shape index (κ1) is 15.8. The van der Waals surface area contributed by atoms with Crippen LogP contribution in [-0.2, 0) is 15.1 Å². The molecule has 1 amide bonds. The minimum Gasteiger partial charge on any atom is -0.368 e. The number of nitrogens with zero attached hydrogens (tertiary/aromatic N) is 2. The summed E-state index contributed by atoms with van der Waals surface area (Å²) < 4.78 is 5.83. The molecule has 1 N–H and O–H groups in total. The van der Waals surface area contributed by atoms with Crippen LogP contribution in [0.15, 0.2) is 48.7 Å². The van der Waals surface area contributed by atoms with Gasteiger partial charge in [-0.05, 0) is 36.2 Å². The van der Waals surface area contributed by atoms with Gasteiger partial charge in [-0.1, -0.05) is 18.2 Å². The molecule has 0 spiro atoms. The fourth-order valence-corrected chi connectivity index (χ4v) is 3.46. The zero-order chi connectivity index (χ0) is 17.3. The third kappa shape index (κ3) is 3.01. The van der Waals surface area contributed by atoms with Crippen LogP contribution in [0.1, 0.15) is 35.6 Å². The van der Waals surface area contributed by atoms with Gasteiger partial charge >= 0.3 is 0 Å². The smallest absolute Gasteiger partial charge is 0.223 e. The molecule has 4 rings (SSSR count). The average Bonchev–Trinajstić information content (AvgIpc) is 3.42. The Morgan fingerprint density at radius 1 is 1.36 bits per heavy atom. The van der Waals surface area contributed by atoms with E-state index in [1.54, 1.807) is 12.3 Å². The third-order valence-corrected chi connectivity index (χ3v) is 5.15.